The first-order valence-corrected chi connectivity index (χ1v) is 5.93. The van der Waals surface area contributed by atoms with Gasteiger partial charge in [-0.3, -0.25) is 0 Å². The van der Waals surface area contributed by atoms with Gasteiger partial charge in [0.05, 0.1) is 5.00 Å². The minimum Gasteiger partial charge on any atom is -0.396 e. The van der Waals surface area contributed by atoms with Crippen molar-refractivity contribution in [3.05, 3.63) is 17.0 Å². The fourth-order valence-corrected chi connectivity index (χ4v) is 2.45. The first-order valence-electron chi connectivity index (χ1n) is 5.05. The predicted octanol–water partition coefficient (Wildman–Crippen LogP) is 2.51. The highest BCUT2D eigenvalue weighted by Gasteiger charge is 2.11. The quantitative estimate of drug-likeness (QED) is 0.812. The van der Waals surface area contributed by atoms with E-state index < -0.39 is 0 Å². The molecular formula is C11H19NOS. The minimum absolute atomic E-state index is 0.283. The van der Waals surface area contributed by atoms with Crippen LogP contribution in [-0.2, 0) is 0 Å². The van der Waals surface area contributed by atoms with Gasteiger partial charge in [0.25, 0.3) is 0 Å². The smallest absolute Gasteiger partial charge is 0.0935 e. The van der Waals surface area contributed by atoms with E-state index in [9.17, 15) is 0 Å². The number of nitrogens with zero attached hydrogens (tertiary/aromatic N) is 1. The van der Waals surface area contributed by atoms with Crippen LogP contribution < -0.4 is 4.90 Å². The van der Waals surface area contributed by atoms with Crippen LogP contribution in [0.5, 0.6) is 0 Å². The van der Waals surface area contributed by atoms with Gasteiger partial charge < -0.3 is 10.0 Å². The van der Waals surface area contributed by atoms with Gasteiger partial charge in [-0.25, -0.2) is 0 Å². The Labute approximate surface area is 90.2 Å². The van der Waals surface area contributed by atoms with Crippen molar-refractivity contribution in [3.8, 4) is 0 Å². The van der Waals surface area contributed by atoms with Crippen LogP contribution in [-0.4, -0.2) is 25.3 Å². The van der Waals surface area contributed by atoms with Gasteiger partial charge in [0.1, 0.15) is 0 Å². The topological polar surface area (TPSA) is 23.5 Å². The molecule has 1 N–H and O–H groups in total. The summed E-state index contributed by atoms with van der Waals surface area (Å²) in [6.07, 6.45) is 1.03. The van der Waals surface area contributed by atoms with Crippen molar-refractivity contribution < 1.29 is 5.11 Å². The summed E-state index contributed by atoms with van der Waals surface area (Å²) < 4.78 is 0. The van der Waals surface area contributed by atoms with Gasteiger partial charge in [0, 0.05) is 20.2 Å². The van der Waals surface area contributed by atoms with Crippen molar-refractivity contribution in [2.45, 2.75) is 20.3 Å². The number of anilines is 1. The molecule has 80 valence electrons. The SMILES string of the molecule is CCC(CO)CN(C)c1sccc1C. The molecule has 0 amide bonds. The summed E-state index contributed by atoms with van der Waals surface area (Å²) in [5, 5.41) is 12.5. The zero-order chi connectivity index (χ0) is 10.6. The molecule has 0 radical (unpaired) electrons. The number of hydrogen-bond donors (Lipinski definition) is 1. The summed E-state index contributed by atoms with van der Waals surface area (Å²) in [5.74, 6) is 0.390. The zero-order valence-corrected chi connectivity index (χ0v) is 9.97. The molecule has 2 nitrogen and oxygen atoms in total. The van der Waals surface area contributed by atoms with E-state index >= 15 is 0 Å². The Kier molecular flexibility index (Phi) is 4.42. The van der Waals surface area contributed by atoms with Crippen molar-refractivity contribution in [2.24, 2.45) is 5.92 Å². The van der Waals surface area contributed by atoms with E-state index in [-0.39, 0.29) is 6.61 Å². The molecule has 0 aliphatic carbocycles. The van der Waals surface area contributed by atoms with E-state index in [4.69, 9.17) is 5.11 Å². The molecule has 0 aromatic carbocycles. The molecule has 0 aliphatic heterocycles. The number of thiophene rings is 1. The van der Waals surface area contributed by atoms with Crippen LogP contribution in [0, 0.1) is 12.8 Å². The average molecular weight is 213 g/mol. The van der Waals surface area contributed by atoms with Gasteiger partial charge in [-0.15, -0.1) is 11.3 Å². The molecule has 1 rings (SSSR count). The van der Waals surface area contributed by atoms with E-state index in [0.717, 1.165) is 13.0 Å². The molecule has 1 aromatic heterocycles. The first kappa shape index (κ1) is 11.5. The third-order valence-corrected chi connectivity index (χ3v) is 3.68. The summed E-state index contributed by atoms with van der Waals surface area (Å²) in [6, 6.07) is 2.14. The lowest BCUT2D eigenvalue weighted by Gasteiger charge is -2.23. The summed E-state index contributed by atoms with van der Waals surface area (Å²) in [6.45, 7) is 5.47. The third-order valence-electron chi connectivity index (χ3n) is 2.55. The molecule has 0 spiro atoms. The molecule has 1 unspecified atom stereocenters. The van der Waals surface area contributed by atoms with Crippen molar-refractivity contribution in [1.82, 2.24) is 0 Å². The van der Waals surface area contributed by atoms with Gasteiger partial charge in [0.15, 0.2) is 0 Å². The second-order valence-corrected chi connectivity index (χ2v) is 4.64. The Bertz CT molecular complexity index is 268. The Hall–Kier alpha value is -0.540. The Balaban J connectivity index is 2.58. The molecule has 1 aromatic rings. The number of aryl methyl sites for hydroxylation is 1. The average Bonchev–Trinajstić information content (AvgIpc) is 2.60. The normalized spacial score (nSPS) is 12.9. The predicted molar refractivity (Wildman–Crippen MR) is 63.2 cm³/mol. The van der Waals surface area contributed by atoms with E-state index in [1.165, 1.54) is 10.6 Å². The summed E-state index contributed by atoms with van der Waals surface area (Å²) in [4.78, 5) is 2.24. The summed E-state index contributed by atoms with van der Waals surface area (Å²) >= 11 is 1.76. The van der Waals surface area contributed by atoms with E-state index in [0.29, 0.717) is 5.92 Å². The fraction of sp³-hybridized carbons (Fsp3) is 0.636. The monoisotopic (exact) mass is 213 g/mol. The summed E-state index contributed by atoms with van der Waals surface area (Å²) in [7, 11) is 2.09. The molecule has 3 heteroatoms. The van der Waals surface area contributed by atoms with Crippen LogP contribution in [0.25, 0.3) is 0 Å². The largest absolute Gasteiger partial charge is 0.396 e. The lowest BCUT2D eigenvalue weighted by atomic mass is 10.1. The second kappa shape index (κ2) is 5.37. The molecular weight excluding hydrogens is 194 g/mol. The standard InChI is InChI=1S/C11H19NOS/c1-4-10(8-13)7-12(3)11-9(2)5-6-14-11/h5-6,10,13H,4,7-8H2,1-3H3. The first-order chi connectivity index (χ1) is 6.69. The maximum atomic E-state index is 9.12. The Morgan fingerprint density at radius 2 is 2.29 bits per heavy atom. The minimum atomic E-state index is 0.283. The zero-order valence-electron chi connectivity index (χ0n) is 9.16. The molecule has 0 fully saturated rings. The van der Waals surface area contributed by atoms with E-state index in [2.05, 4.69) is 37.2 Å². The Morgan fingerprint density at radius 3 is 2.71 bits per heavy atom. The lowest BCUT2D eigenvalue weighted by molar-refractivity contribution is 0.226. The van der Waals surface area contributed by atoms with Crippen molar-refractivity contribution in [1.29, 1.82) is 0 Å². The fourth-order valence-electron chi connectivity index (χ4n) is 1.54. The van der Waals surface area contributed by atoms with Gasteiger partial charge in [-0.05, 0) is 36.3 Å². The molecule has 0 bridgehead atoms. The van der Waals surface area contributed by atoms with E-state index in [1.54, 1.807) is 11.3 Å². The van der Waals surface area contributed by atoms with Gasteiger partial charge in [-0.2, -0.15) is 0 Å². The highest BCUT2D eigenvalue weighted by Crippen LogP contribution is 2.26. The molecule has 0 saturated heterocycles. The highest BCUT2D eigenvalue weighted by atomic mass is 32.1. The number of aliphatic hydroxyl groups is 1. The van der Waals surface area contributed by atoms with Gasteiger partial charge >= 0.3 is 0 Å². The molecule has 1 heterocycles. The van der Waals surface area contributed by atoms with E-state index in [1.807, 2.05) is 0 Å². The van der Waals surface area contributed by atoms with Crippen LogP contribution in [0.1, 0.15) is 18.9 Å². The number of aliphatic hydroxyl groups excluding tert-OH is 1. The Morgan fingerprint density at radius 1 is 1.57 bits per heavy atom. The van der Waals surface area contributed by atoms with Crippen LogP contribution in [0.15, 0.2) is 11.4 Å². The second-order valence-electron chi connectivity index (χ2n) is 3.75. The van der Waals surface area contributed by atoms with Crippen molar-refractivity contribution in [3.63, 3.8) is 0 Å². The van der Waals surface area contributed by atoms with Crippen LogP contribution >= 0.6 is 11.3 Å². The van der Waals surface area contributed by atoms with Gasteiger partial charge in [0.2, 0.25) is 0 Å². The highest BCUT2D eigenvalue weighted by molar-refractivity contribution is 7.14. The maximum absolute atomic E-state index is 9.12. The molecule has 1 atom stereocenters. The van der Waals surface area contributed by atoms with Crippen molar-refractivity contribution in [2.75, 3.05) is 25.1 Å². The number of rotatable bonds is 5. The van der Waals surface area contributed by atoms with Crippen molar-refractivity contribution >= 4 is 16.3 Å². The van der Waals surface area contributed by atoms with Crippen LogP contribution in [0.4, 0.5) is 5.00 Å². The summed E-state index contributed by atoms with van der Waals surface area (Å²) in [5.41, 5.74) is 1.32. The van der Waals surface area contributed by atoms with Crippen LogP contribution in [0.3, 0.4) is 0 Å². The van der Waals surface area contributed by atoms with Gasteiger partial charge in [-0.1, -0.05) is 6.92 Å². The lowest BCUT2D eigenvalue weighted by Crippen LogP contribution is -2.26. The maximum Gasteiger partial charge on any atom is 0.0935 e. The van der Waals surface area contributed by atoms with Crippen LogP contribution in [0.2, 0.25) is 0 Å². The molecule has 0 aliphatic rings. The molecule has 14 heavy (non-hydrogen) atoms. The third kappa shape index (κ3) is 2.72. The number of hydrogen-bond acceptors (Lipinski definition) is 3. The molecule has 0 saturated carbocycles.